The van der Waals surface area contributed by atoms with E-state index in [9.17, 15) is 9.59 Å². The van der Waals surface area contributed by atoms with E-state index in [1.807, 2.05) is 19.0 Å². The fourth-order valence-electron chi connectivity index (χ4n) is 2.47. The Morgan fingerprint density at radius 3 is 2.65 bits per heavy atom. The van der Waals surface area contributed by atoms with Gasteiger partial charge in [0, 0.05) is 26.3 Å². The van der Waals surface area contributed by atoms with Gasteiger partial charge >= 0.3 is 5.97 Å². The van der Waals surface area contributed by atoms with Crippen molar-refractivity contribution < 1.29 is 14.7 Å². The van der Waals surface area contributed by atoms with Crippen LogP contribution < -0.4 is 10.2 Å². The zero-order valence-corrected chi connectivity index (χ0v) is 11.7. The fraction of sp³-hybridized carbons (Fsp3) is 0.500. The lowest BCUT2D eigenvalue weighted by Gasteiger charge is -2.17. The molecule has 1 aliphatic carbocycles. The fourth-order valence-corrected chi connectivity index (χ4v) is 2.47. The molecule has 6 nitrogen and oxygen atoms in total. The lowest BCUT2D eigenvalue weighted by Crippen LogP contribution is -2.40. The number of rotatable bonds is 4. The highest BCUT2D eigenvalue weighted by atomic mass is 16.4. The summed E-state index contributed by atoms with van der Waals surface area (Å²) in [6.45, 7) is 0. The van der Waals surface area contributed by atoms with Gasteiger partial charge in [0.2, 0.25) is 0 Å². The maximum Gasteiger partial charge on any atom is 0.308 e. The van der Waals surface area contributed by atoms with Crippen LogP contribution in [0.3, 0.4) is 0 Å². The molecule has 0 saturated heterocycles. The number of carboxylic acids is 1. The Morgan fingerprint density at radius 2 is 2.10 bits per heavy atom. The monoisotopic (exact) mass is 277 g/mol. The first-order chi connectivity index (χ1) is 9.49. The maximum atomic E-state index is 12.1. The van der Waals surface area contributed by atoms with Crippen LogP contribution in [0.4, 0.5) is 5.82 Å². The van der Waals surface area contributed by atoms with Crippen molar-refractivity contribution in [1.29, 1.82) is 0 Å². The highest BCUT2D eigenvalue weighted by Gasteiger charge is 2.33. The highest BCUT2D eigenvalue weighted by molar-refractivity contribution is 5.94. The summed E-state index contributed by atoms with van der Waals surface area (Å²) in [5.74, 6) is -0.811. The smallest absolute Gasteiger partial charge is 0.308 e. The highest BCUT2D eigenvalue weighted by Crippen LogP contribution is 2.26. The number of anilines is 1. The third kappa shape index (κ3) is 3.07. The molecular weight excluding hydrogens is 258 g/mol. The van der Waals surface area contributed by atoms with Crippen molar-refractivity contribution >= 4 is 17.7 Å². The van der Waals surface area contributed by atoms with Gasteiger partial charge in [0.05, 0.1) is 11.5 Å². The molecule has 1 heterocycles. The SMILES string of the molecule is CN(C)c1ccc(C(=O)NC2CCCC2C(=O)O)cn1. The van der Waals surface area contributed by atoms with Gasteiger partial charge in [0.1, 0.15) is 5.82 Å². The second-order valence-corrected chi connectivity index (χ2v) is 5.26. The van der Waals surface area contributed by atoms with Crippen molar-refractivity contribution in [1.82, 2.24) is 10.3 Å². The number of carbonyl (C=O) groups is 2. The largest absolute Gasteiger partial charge is 0.481 e. The molecule has 1 aliphatic rings. The van der Waals surface area contributed by atoms with Gasteiger partial charge < -0.3 is 15.3 Å². The third-order valence-corrected chi connectivity index (χ3v) is 3.62. The van der Waals surface area contributed by atoms with Crippen LogP contribution in [0.25, 0.3) is 0 Å². The van der Waals surface area contributed by atoms with Crippen LogP contribution in [0.15, 0.2) is 18.3 Å². The van der Waals surface area contributed by atoms with Crippen LogP contribution in [0.2, 0.25) is 0 Å². The number of nitrogens with zero attached hydrogens (tertiary/aromatic N) is 2. The van der Waals surface area contributed by atoms with Crippen LogP contribution in [0.5, 0.6) is 0 Å². The summed E-state index contributed by atoms with van der Waals surface area (Å²) in [6, 6.07) is 3.18. The van der Waals surface area contributed by atoms with E-state index < -0.39 is 11.9 Å². The van der Waals surface area contributed by atoms with E-state index in [4.69, 9.17) is 5.11 Å². The van der Waals surface area contributed by atoms with E-state index in [0.29, 0.717) is 18.4 Å². The first-order valence-corrected chi connectivity index (χ1v) is 6.66. The molecule has 0 radical (unpaired) electrons. The minimum Gasteiger partial charge on any atom is -0.481 e. The quantitative estimate of drug-likeness (QED) is 0.862. The summed E-state index contributed by atoms with van der Waals surface area (Å²) in [7, 11) is 3.75. The van der Waals surface area contributed by atoms with E-state index in [1.54, 1.807) is 12.1 Å². The molecule has 1 aromatic heterocycles. The van der Waals surface area contributed by atoms with Gasteiger partial charge in [-0.25, -0.2) is 4.98 Å². The first-order valence-electron chi connectivity index (χ1n) is 6.66. The molecule has 0 spiro atoms. The predicted molar refractivity (Wildman–Crippen MR) is 74.8 cm³/mol. The summed E-state index contributed by atoms with van der Waals surface area (Å²) in [5.41, 5.74) is 0.451. The van der Waals surface area contributed by atoms with E-state index in [-0.39, 0.29) is 11.9 Å². The topological polar surface area (TPSA) is 82.5 Å². The maximum absolute atomic E-state index is 12.1. The lowest BCUT2D eigenvalue weighted by molar-refractivity contribution is -0.142. The number of carboxylic acid groups (broad SMARTS) is 1. The number of hydrogen-bond acceptors (Lipinski definition) is 4. The second-order valence-electron chi connectivity index (χ2n) is 5.26. The number of nitrogens with one attached hydrogen (secondary N) is 1. The van der Waals surface area contributed by atoms with Gasteiger partial charge in [-0.15, -0.1) is 0 Å². The van der Waals surface area contributed by atoms with Crippen molar-refractivity contribution in [2.45, 2.75) is 25.3 Å². The number of hydrogen-bond donors (Lipinski definition) is 2. The van der Waals surface area contributed by atoms with Gasteiger partial charge in [0.15, 0.2) is 0 Å². The van der Waals surface area contributed by atoms with Gasteiger partial charge in [-0.2, -0.15) is 0 Å². The molecule has 2 unspecified atom stereocenters. The molecule has 1 aromatic rings. The molecule has 1 amide bonds. The van der Waals surface area contributed by atoms with Crippen LogP contribution in [0, 0.1) is 5.92 Å². The normalized spacial score (nSPS) is 21.5. The zero-order chi connectivity index (χ0) is 14.7. The molecule has 0 bridgehead atoms. The van der Waals surface area contributed by atoms with Crippen LogP contribution in [0.1, 0.15) is 29.6 Å². The van der Waals surface area contributed by atoms with E-state index in [1.165, 1.54) is 6.20 Å². The molecule has 2 atom stereocenters. The van der Waals surface area contributed by atoms with E-state index in [0.717, 1.165) is 12.2 Å². The number of pyridine rings is 1. The molecular formula is C14H19N3O3. The molecule has 1 saturated carbocycles. The molecule has 2 rings (SSSR count). The van der Waals surface area contributed by atoms with Crippen LogP contribution >= 0.6 is 0 Å². The molecule has 0 aliphatic heterocycles. The van der Waals surface area contributed by atoms with Gasteiger partial charge in [-0.3, -0.25) is 9.59 Å². The average molecular weight is 277 g/mol. The van der Waals surface area contributed by atoms with Crippen molar-refractivity contribution in [3.05, 3.63) is 23.9 Å². The van der Waals surface area contributed by atoms with Gasteiger partial charge in [0.25, 0.3) is 5.91 Å². The molecule has 1 fully saturated rings. The Hall–Kier alpha value is -2.11. The Kier molecular flexibility index (Phi) is 4.22. The minimum absolute atomic E-state index is 0.263. The Labute approximate surface area is 117 Å². The van der Waals surface area contributed by atoms with Crippen molar-refractivity contribution in [3.8, 4) is 0 Å². The van der Waals surface area contributed by atoms with Crippen molar-refractivity contribution in [2.24, 2.45) is 5.92 Å². The summed E-state index contributed by atoms with van der Waals surface area (Å²) in [5, 5.41) is 11.9. The number of carbonyl (C=O) groups excluding carboxylic acids is 1. The Bertz CT molecular complexity index is 499. The second kappa shape index (κ2) is 5.90. The first kappa shape index (κ1) is 14.3. The Balaban J connectivity index is 2.02. The van der Waals surface area contributed by atoms with Crippen molar-refractivity contribution in [3.63, 3.8) is 0 Å². The van der Waals surface area contributed by atoms with E-state index in [2.05, 4.69) is 10.3 Å². The summed E-state index contributed by atoms with van der Waals surface area (Å²) in [4.78, 5) is 29.2. The summed E-state index contributed by atoms with van der Waals surface area (Å²) in [6.07, 6.45) is 3.68. The van der Waals surface area contributed by atoms with Gasteiger partial charge in [-0.1, -0.05) is 6.42 Å². The molecule has 6 heteroatoms. The summed E-state index contributed by atoms with van der Waals surface area (Å²) < 4.78 is 0. The average Bonchev–Trinajstić information content (AvgIpc) is 2.87. The molecule has 2 N–H and O–H groups in total. The number of aliphatic carboxylic acids is 1. The Morgan fingerprint density at radius 1 is 1.35 bits per heavy atom. The lowest BCUT2D eigenvalue weighted by atomic mass is 10.0. The minimum atomic E-state index is -0.839. The van der Waals surface area contributed by atoms with E-state index >= 15 is 0 Å². The molecule has 108 valence electrons. The predicted octanol–water partition coefficient (Wildman–Crippen LogP) is 1.13. The van der Waals surface area contributed by atoms with Crippen molar-refractivity contribution in [2.75, 3.05) is 19.0 Å². The molecule has 0 aromatic carbocycles. The summed E-state index contributed by atoms with van der Waals surface area (Å²) >= 11 is 0. The van der Waals surface area contributed by atoms with Crippen LogP contribution in [-0.2, 0) is 4.79 Å². The van der Waals surface area contributed by atoms with Gasteiger partial charge in [-0.05, 0) is 25.0 Å². The molecule has 20 heavy (non-hydrogen) atoms. The zero-order valence-electron chi connectivity index (χ0n) is 11.7. The van der Waals surface area contributed by atoms with Crippen LogP contribution in [-0.4, -0.2) is 42.1 Å². The number of amides is 1. The third-order valence-electron chi connectivity index (χ3n) is 3.62. The standard InChI is InChI=1S/C14H19N3O3/c1-17(2)12-7-6-9(8-15-12)13(18)16-11-5-3-4-10(11)14(19)20/h6-8,10-11H,3-5H2,1-2H3,(H,16,18)(H,19,20). The number of aromatic nitrogens is 1.